The molecule has 2 aliphatic carbocycles. The van der Waals surface area contributed by atoms with Crippen LogP contribution in [0.25, 0.3) is 0 Å². The van der Waals surface area contributed by atoms with Crippen LogP contribution >= 0.6 is 11.9 Å². The molecule has 0 bridgehead atoms. The molecule has 1 saturated heterocycles. The molecule has 4 rings (SSSR count). The average Bonchev–Trinajstić information content (AvgIpc) is 3.19. The van der Waals surface area contributed by atoms with Gasteiger partial charge in [0, 0.05) is 33.3 Å². The van der Waals surface area contributed by atoms with Gasteiger partial charge in [-0.15, -0.1) is 0 Å². The summed E-state index contributed by atoms with van der Waals surface area (Å²) in [6, 6.07) is 9.59. The highest BCUT2D eigenvalue weighted by Crippen LogP contribution is 2.68. The van der Waals surface area contributed by atoms with Gasteiger partial charge in [0.15, 0.2) is 0 Å². The van der Waals surface area contributed by atoms with Crippen LogP contribution in [-0.2, 0) is 4.74 Å². The molecule has 3 fully saturated rings. The molecular weight excluding hydrogens is 328 g/mol. The van der Waals surface area contributed by atoms with Crippen molar-refractivity contribution in [2.45, 2.75) is 44.8 Å². The zero-order valence-electron chi connectivity index (χ0n) is 16.1. The van der Waals surface area contributed by atoms with E-state index in [1.165, 1.54) is 37.1 Å². The molecule has 1 heterocycles. The Morgan fingerprint density at radius 1 is 1.24 bits per heavy atom. The van der Waals surface area contributed by atoms with Crippen LogP contribution in [-0.4, -0.2) is 54.9 Å². The van der Waals surface area contributed by atoms with Crippen LogP contribution in [0.2, 0.25) is 0 Å². The lowest BCUT2D eigenvalue weighted by Crippen LogP contribution is -2.50. The zero-order valence-corrected chi connectivity index (χ0v) is 16.9. The van der Waals surface area contributed by atoms with Crippen molar-refractivity contribution in [2.24, 2.45) is 11.3 Å². The summed E-state index contributed by atoms with van der Waals surface area (Å²) in [5.41, 5.74) is 3.65. The molecule has 0 amide bonds. The molecule has 1 aromatic carbocycles. The molecule has 3 aliphatic rings. The van der Waals surface area contributed by atoms with Crippen LogP contribution in [0, 0.1) is 11.3 Å². The van der Waals surface area contributed by atoms with Gasteiger partial charge in [-0.05, 0) is 47.5 Å². The fourth-order valence-electron chi connectivity index (χ4n) is 5.24. The summed E-state index contributed by atoms with van der Waals surface area (Å²) in [4.78, 5) is 2.74. The van der Waals surface area contributed by atoms with Crippen LogP contribution in [0.1, 0.15) is 49.8 Å². The Kier molecular flexibility index (Phi) is 4.91. The predicted molar refractivity (Wildman–Crippen MR) is 106 cm³/mol. The minimum absolute atomic E-state index is 0.509. The van der Waals surface area contributed by atoms with Crippen LogP contribution < -0.4 is 0 Å². The predicted octanol–water partition coefficient (Wildman–Crippen LogP) is 4.17. The van der Waals surface area contributed by atoms with Gasteiger partial charge >= 0.3 is 0 Å². The highest BCUT2D eigenvalue weighted by molar-refractivity contribution is 7.96. The minimum atomic E-state index is 0.509. The van der Waals surface area contributed by atoms with E-state index in [-0.39, 0.29) is 0 Å². The lowest BCUT2D eigenvalue weighted by atomic mass is 9.81. The maximum atomic E-state index is 5.59. The van der Waals surface area contributed by atoms with Crippen LogP contribution in [0.15, 0.2) is 24.3 Å². The number of hydrogen-bond donors (Lipinski definition) is 0. The molecule has 1 aromatic rings. The van der Waals surface area contributed by atoms with Gasteiger partial charge < -0.3 is 4.74 Å². The fourth-order valence-corrected chi connectivity index (χ4v) is 5.94. The third-order valence-electron chi connectivity index (χ3n) is 6.78. The second-order valence-corrected chi connectivity index (χ2v) is 9.34. The fraction of sp³-hybridized carbons (Fsp3) is 0.714. The Hall–Kier alpha value is -0.550. The van der Waals surface area contributed by atoms with Gasteiger partial charge in [0.1, 0.15) is 0 Å². The molecule has 0 aromatic heterocycles. The Morgan fingerprint density at radius 3 is 2.72 bits per heavy atom. The van der Waals surface area contributed by atoms with Crippen molar-refractivity contribution in [3.8, 4) is 0 Å². The van der Waals surface area contributed by atoms with Gasteiger partial charge in [0.05, 0.1) is 12.1 Å². The second-order valence-electron chi connectivity index (χ2n) is 8.51. The SMILES string of the molecule is CO[C@@H]1CC2(CN3CCN(SC)C(c4ccccc4C(C)C)C3)CC12. The van der Waals surface area contributed by atoms with Gasteiger partial charge in [-0.3, -0.25) is 4.90 Å². The van der Waals surface area contributed by atoms with Gasteiger partial charge in [-0.25, -0.2) is 4.31 Å². The molecule has 1 aliphatic heterocycles. The Bertz CT molecular complexity index is 622. The van der Waals surface area contributed by atoms with E-state index in [9.17, 15) is 0 Å². The molecule has 138 valence electrons. The number of nitrogens with zero attached hydrogens (tertiary/aromatic N) is 2. The van der Waals surface area contributed by atoms with E-state index < -0.39 is 0 Å². The first-order valence-corrected chi connectivity index (χ1v) is 10.9. The van der Waals surface area contributed by atoms with Gasteiger partial charge in [0.25, 0.3) is 0 Å². The maximum absolute atomic E-state index is 5.59. The molecule has 0 radical (unpaired) electrons. The lowest BCUT2D eigenvalue weighted by molar-refractivity contribution is -0.0231. The third-order valence-corrected chi connectivity index (χ3v) is 7.68. The van der Waals surface area contributed by atoms with Crippen molar-refractivity contribution < 1.29 is 4.74 Å². The highest BCUT2D eigenvalue weighted by atomic mass is 32.2. The van der Waals surface area contributed by atoms with E-state index in [1.54, 1.807) is 0 Å². The van der Waals surface area contributed by atoms with E-state index >= 15 is 0 Å². The second kappa shape index (κ2) is 6.88. The smallest absolute Gasteiger partial charge is 0.0611 e. The van der Waals surface area contributed by atoms with E-state index in [2.05, 4.69) is 53.6 Å². The molecule has 0 N–H and O–H groups in total. The van der Waals surface area contributed by atoms with Crippen LogP contribution in [0.4, 0.5) is 0 Å². The number of ether oxygens (including phenoxy) is 1. The molecule has 0 spiro atoms. The van der Waals surface area contributed by atoms with E-state index in [0.29, 0.717) is 23.5 Å². The van der Waals surface area contributed by atoms with E-state index in [0.717, 1.165) is 19.0 Å². The largest absolute Gasteiger partial charge is 0.381 e. The van der Waals surface area contributed by atoms with Crippen molar-refractivity contribution in [1.29, 1.82) is 0 Å². The normalized spacial score (nSPS) is 35.5. The van der Waals surface area contributed by atoms with Gasteiger partial charge in [0.2, 0.25) is 0 Å². The summed E-state index contributed by atoms with van der Waals surface area (Å²) in [5, 5.41) is 0. The summed E-state index contributed by atoms with van der Waals surface area (Å²) in [7, 11) is 1.88. The number of benzene rings is 1. The lowest BCUT2D eigenvalue weighted by Gasteiger charge is -2.44. The summed E-state index contributed by atoms with van der Waals surface area (Å²) in [6.45, 7) is 9.43. The standard InChI is InChI=1S/C21H32N2OS/c1-15(2)16-7-5-6-8-17(16)19-13-22(9-10-23(19)25-4)14-21-11-18(21)20(12-21)24-3/h5-8,15,18-20H,9-14H2,1-4H3/t18?,19?,20-,21?/m1/s1. The van der Waals surface area contributed by atoms with Crippen molar-refractivity contribution in [3.63, 3.8) is 0 Å². The zero-order chi connectivity index (χ0) is 17.6. The van der Waals surface area contributed by atoms with Crippen molar-refractivity contribution >= 4 is 11.9 Å². The highest BCUT2D eigenvalue weighted by Gasteiger charge is 2.67. The van der Waals surface area contributed by atoms with Crippen molar-refractivity contribution in [2.75, 3.05) is 39.5 Å². The quantitative estimate of drug-likeness (QED) is 0.707. The van der Waals surface area contributed by atoms with Gasteiger partial charge in [-0.2, -0.15) is 0 Å². The number of methoxy groups -OCH3 is 1. The molecule has 4 heteroatoms. The van der Waals surface area contributed by atoms with Crippen molar-refractivity contribution in [3.05, 3.63) is 35.4 Å². The first kappa shape index (κ1) is 17.8. The average molecular weight is 361 g/mol. The monoisotopic (exact) mass is 360 g/mol. The Labute approximate surface area is 157 Å². The van der Waals surface area contributed by atoms with Gasteiger partial charge in [-0.1, -0.05) is 50.1 Å². The number of rotatable bonds is 6. The molecular formula is C21H32N2OS. The summed E-state index contributed by atoms with van der Waals surface area (Å²) >= 11 is 1.91. The molecule has 25 heavy (non-hydrogen) atoms. The first-order chi connectivity index (χ1) is 12.1. The van der Waals surface area contributed by atoms with E-state index in [1.807, 2.05) is 19.1 Å². The Balaban J connectivity index is 1.49. The maximum Gasteiger partial charge on any atom is 0.0611 e. The minimum Gasteiger partial charge on any atom is -0.381 e. The number of piperazine rings is 1. The molecule has 4 atom stereocenters. The Morgan fingerprint density at radius 2 is 2.04 bits per heavy atom. The third kappa shape index (κ3) is 3.16. The summed E-state index contributed by atoms with van der Waals surface area (Å²) < 4.78 is 8.19. The summed E-state index contributed by atoms with van der Waals surface area (Å²) in [6.07, 6.45) is 5.45. The summed E-state index contributed by atoms with van der Waals surface area (Å²) in [5.74, 6) is 1.42. The van der Waals surface area contributed by atoms with Crippen LogP contribution in [0.5, 0.6) is 0 Å². The number of hydrogen-bond acceptors (Lipinski definition) is 4. The van der Waals surface area contributed by atoms with Crippen LogP contribution in [0.3, 0.4) is 0 Å². The topological polar surface area (TPSA) is 15.7 Å². The molecule has 3 nitrogen and oxygen atoms in total. The molecule has 3 unspecified atom stereocenters. The first-order valence-electron chi connectivity index (χ1n) is 9.72. The van der Waals surface area contributed by atoms with E-state index in [4.69, 9.17) is 4.74 Å². The number of fused-ring (bicyclic) bond motifs is 1. The van der Waals surface area contributed by atoms with Crippen molar-refractivity contribution in [1.82, 2.24) is 9.21 Å². The molecule has 2 saturated carbocycles.